The van der Waals surface area contributed by atoms with E-state index >= 15 is 0 Å². The van der Waals surface area contributed by atoms with E-state index < -0.39 is 6.04 Å². The molecule has 5 nitrogen and oxygen atoms in total. The molecule has 1 heterocycles. The number of carbonyl (C=O) groups excluding carboxylic acids is 1. The van der Waals surface area contributed by atoms with Crippen molar-refractivity contribution in [2.24, 2.45) is 0 Å². The first-order chi connectivity index (χ1) is 8.65. The Bertz CT molecular complexity index is 603. The minimum atomic E-state index is -0.517. The zero-order valence-electron chi connectivity index (χ0n) is 10.1. The second kappa shape index (κ2) is 5.14. The van der Waals surface area contributed by atoms with Crippen LogP contribution in [-0.4, -0.2) is 27.8 Å². The molecule has 2 rings (SSSR count). The molecule has 0 aliphatic rings. The summed E-state index contributed by atoms with van der Waals surface area (Å²) in [6, 6.07) is 9.02. The lowest BCUT2D eigenvalue weighted by Crippen LogP contribution is -2.18. The number of nitrogens with one attached hydrogen (secondary N) is 1. The van der Waals surface area contributed by atoms with Crippen molar-refractivity contribution in [3.05, 3.63) is 35.1 Å². The molecular weight excluding hydrogens is 250 g/mol. The van der Waals surface area contributed by atoms with Gasteiger partial charge in [-0.2, -0.15) is 5.10 Å². The fourth-order valence-corrected chi connectivity index (χ4v) is 2.02. The second-order valence-electron chi connectivity index (χ2n) is 3.79. The van der Waals surface area contributed by atoms with Gasteiger partial charge in [0.2, 0.25) is 0 Å². The minimum Gasteiger partial charge on any atom is -0.467 e. The molecule has 0 saturated carbocycles. The van der Waals surface area contributed by atoms with Crippen molar-refractivity contribution in [2.75, 3.05) is 7.11 Å². The van der Waals surface area contributed by atoms with E-state index in [0.717, 1.165) is 5.56 Å². The number of aromatic amines is 1. The van der Waals surface area contributed by atoms with Crippen molar-refractivity contribution < 1.29 is 9.53 Å². The molecule has 6 heteroatoms. The average molecular weight is 263 g/mol. The number of esters is 1. The van der Waals surface area contributed by atoms with E-state index in [1.165, 1.54) is 7.11 Å². The van der Waals surface area contributed by atoms with Crippen LogP contribution in [0, 0.1) is 4.77 Å². The molecule has 18 heavy (non-hydrogen) atoms. The van der Waals surface area contributed by atoms with E-state index in [2.05, 4.69) is 10.2 Å². The first-order valence-corrected chi connectivity index (χ1v) is 5.86. The number of hydrogen-bond donors (Lipinski definition) is 1. The summed E-state index contributed by atoms with van der Waals surface area (Å²) in [5.74, 6) is 0.267. The van der Waals surface area contributed by atoms with Crippen LogP contribution in [0.25, 0.3) is 11.4 Å². The molecule has 1 atom stereocenters. The molecule has 1 aromatic carbocycles. The zero-order valence-corrected chi connectivity index (χ0v) is 10.9. The molecule has 0 aliphatic carbocycles. The van der Waals surface area contributed by atoms with E-state index in [1.807, 2.05) is 30.3 Å². The Hall–Kier alpha value is -1.95. The van der Waals surface area contributed by atoms with Crippen LogP contribution in [0.2, 0.25) is 0 Å². The molecule has 0 saturated heterocycles. The second-order valence-corrected chi connectivity index (χ2v) is 4.17. The highest BCUT2D eigenvalue weighted by Gasteiger charge is 2.20. The maximum Gasteiger partial charge on any atom is 0.328 e. The average Bonchev–Trinajstić information content (AvgIpc) is 2.80. The molecule has 1 unspecified atom stereocenters. The molecular formula is C12H13N3O2S. The Balaban J connectivity index is 2.52. The third-order valence-electron chi connectivity index (χ3n) is 2.67. The molecule has 1 N–H and O–H groups in total. The van der Waals surface area contributed by atoms with Crippen LogP contribution in [0.1, 0.15) is 13.0 Å². The smallest absolute Gasteiger partial charge is 0.328 e. The number of aromatic nitrogens is 3. The van der Waals surface area contributed by atoms with Crippen LogP contribution in [-0.2, 0) is 9.53 Å². The molecule has 1 aromatic heterocycles. The van der Waals surface area contributed by atoms with Gasteiger partial charge in [0.1, 0.15) is 6.04 Å². The highest BCUT2D eigenvalue weighted by atomic mass is 32.1. The topological polar surface area (TPSA) is 59.9 Å². The van der Waals surface area contributed by atoms with Crippen molar-refractivity contribution in [3.63, 3.8) is 0 Å². The summed E-state index contributed by atoms with van der Waals surface area (Å²) < 4.78 is 6.78. The first kappa shape index (κ1) is 12.5. The highest BCUT2D eigenvalue weighted by Crippen LogP contribution is 2.21. The highest BCUT2D eigenvalue weighted by molar-refractivity contribution is 7.71. The van der Waals surface area contributed by atoms with Gasteiger partial charge in [-0.1, -0.05) is 30.3 Å². The van der Waals surface area contributed by atoms with Gasteiger partial charge in [0.25, 0.3) is 0 Å². The van der Waals surface area contributed by atoms with Crippen molar-refractivity contribution in [1.29, 1.82) is 0 Å². The lowest BCUT2D eigenvalue weighted by Gasteiger charge is -2.13. The molecule has 0 radical (unpaired) electrons. The van der Waals surface area contributed by atoms with Gasteiger partial charge in [0.15, 0.2) is 10.6 Å². The number of benzene rings is 1. The van der Waals surface area contributed by atoms with Gasteiger partial charge in [0, 0.05) is 5.56 Å². The monoisotopic (exact) mass is 263 g/mol. The van der Waals surface area contributed by atoms with E-state index in [4.69, 9.17) is 17.0 Å². The number of nitrogens with zero attached hydrogens (tertiary/aromatic N) is 2. The van der Waals surface area contributed by atoms with Crippen molar-refractivity contribution >= 4 is 18.2 Å². The van der Waals surface area contributed by atoms with Gasteiger partial charge >= 0.3 is 5.97 Å². The minimum absolute atomic E-state index is 0.357. The number of methoxy groups -OCH3 is 1. The number of carbonyl (C=O) groups is 1. The zero-order chi connectivity index (χ0) is 13.1. The third-order valence-corrected chi connectivity index (χ3v) is 2.95. The largest absolute Gasteiger partial charge is 0.467 e. The number of hydrogen-bond acceptors (Lipinski definition) is 4. The quantitative estimate of drug-likeness (QED) is 0.682. The lowest BCUT2D eigenvalue weighted by molar-refractivity contribution is -0.144. The molecule has 0 amide bonds. The number of rotatable bonds is 3. The molecule has 0 bridgehead atoms. The van der Waals surface area contributed by atoms with Gasteiger partial charge in [0.05, 0.1) is 7.11 Å². The summed E-state index contributed by atoms with van der Waals surface area (Å²) in [7, 11) is 1.35. The van der Waals surface area contributed by atoms with Gasteiger partial charge in [-0.05, 0) is 19.1 Å². The Morgan fingerprint density at radius 2 is 2.11 bits per heavy atom. The van der Waals surface area contributed by atoms with Crippen LogP contribution >= 0.6 is 12.2 Å². The van der Waals surface area contributed by atoms with Crippen LogP contribution in [0.4, 0.5) is 0 Å². The first-order valence-electron chi connectivity index (χ1n) is 5.45. The van der Waals surface area contributed by atoms with Gasteiger partial charge in [-0.15, -0.1) is 0 Å². The van der Waals surface area contributed by atoms with Crippen LogP contribution < -0.4 is 0 Å². The van der Waals surface area contributed by atoms with Gasteiger partial charge in [-0.25, -0.2) is 4.79 Å². The van der Waals surface area contributed by atoms with Gasteiger partial charge < -0.3 is 4.74 Å². The third kappa shape index (κ3) is 2.19. The van der Waals surface area contributed by atoms with Crippen LogP contribution in [0.5, 0.6) is 0 Å². The molecule has 0 spiro atoms. The Morgan fingerprint density at radius 3 is 2.72 bits per heavy atom. The molecule has 0 aliphatic heterocycles. The molecule has 94 valence electrons. The standard InChI is InChI=1S/C12H13N3O2S/c1-8(11(16)17-2)15-10(13-14-12(15)18)9-6-4-3-5-7-9/h3-8H,1-2H3,(H,14,18). The van der Waals surface area contributed by atoms with Gasteiger partial charge in [-0.3, -0.25) is 9.67 Å². The van der Waals surface area contributed by atoms with E-state index in [-0.39, 0.29) is 5.97 Å². The fourth-order valence-electron chi connectivity index (χ4n) is 1.73. The summed E-state index contributed by atoms with van der Waals surface area (Å²) in [4.78, 5) is 11.6. The summed E-state index contributed by atoms with van der Waals surface area (Å²) >= 11 is 5.15. The fraction of sp³-hybridized carbons (Fsp3) is 0.250. The predicted octanol–water partition coefficient (Wildman–Crippen LogP) is 2.34. The summed E-state index contributed by atoms with van der Waals surface area (Å²) in [6.45, 7) is 1.73. The lowest BCUT2D eigenvalue weighted by atomic mass is 10.2. The normalized spacial score (nSPS) is 12.1. The Morgan fingerprint density at radius 1 is 1.44 bits per heavy atom. The Labute approximate surface area is 109 Å². The van der Waals surface area contributed by atoms with E-state index in [9.17, 15) is 4.79 Å². The van der Waals surface area contributed by atoms with E-state index in [0.29, 0.717) is 10.6 Å². The van der Waals surface area contributed by atoms with Crippen molar-refractivity contribution in [2.45, 2.75) is 13.0 Å². The van der Waals surface area contributed by atoms with Crippen LogP contribution in [0.15, 0.2) is 30.3 Å². The summed E-state index contributed by atoms with van der Waals surface area (Å²) in [5, 5.41) is 6.87. The maximum absolute atomic E-state index is 11.6. The van der Waals surface area contributed by atoms with Crippen LogP contribution in [0.3, 0.4) is 0 Å². The molecule has 0 fully saturated rings. The van der Waals surface area contributed by atoms with Crippen molar-refractivity contribution in [1.82, 2.24) is 14.8 Å². The summed E-state index contributed by atoms with van der Waals surface area (Å²) in [5.41, 5.74) is 0.889. The predicted molar refractivity (Wildman–Crippen MR) is 69.6 cm³/mol. The summed E-state index contributed by atoms with van der Waals surface area (Å²) in [6.07, 6.45) is 0. The van der Waals surface area contributed by atoms with E-state index in [1.54, 1.807) is 11.5 Å². The van der Waals surface area contributed by atoms with Crippen molar-refractivity contribution in [3.8, 4) is 11.4 Å². The Kier molecular flexibility index (Phi) is 3.57. The number of H-pyrrole nitrogens is 1. The maximum atomic E-state index is 11.6. The number of ether oxygens (including phenoxy) is 1. The molecule has 2 aromatic rings. The SMILES string of the molecule is COC(=O)C(C)n1c(-c2ccccc2)n[nH]c1=S.